The topological polar surface area (TPSA) is 49.8 Å². The van der Waals surface area contributed by atoms with Crippen molar-refractivity contribution < 1.29 is 0 Å². The highest BCUT2D eigenvalue weighted by atomic mass is 15.1. The van der Waals surface area contributed by atoms with Crippen molar-refractivity contribution in [1.82, 2.24) is 9.97 Å². The Morgan fingerprint density at radius 3 is 2.25 bits per heavy atom. The van der Waals surface area contributed by atoms with Gasteiger partial charge in [0.05, 0.1) is 0 Å². The van der Waals surface area contributed by atoms with E-state index in [1.807, 2.05) is 6.07 Å². The second-order valence-electron chi connectivity index (χ2n) is 3.88. The first-order valence-corrected chi connectivity index (χ1v) is 6.09. The van der Waals surface area contributed by atoms with Crippen molar-refractivity contribution in [3.8, 4) is 0 Å². The number of nitrogens with one attached hydrogen (secondary N) is 2. The number of anilines is 2. The van der Waals surface area contributed by atoms with Crippen molar-refractivity contribution in [2.24, 2.45) is 5.92 Å². The van der Waals surface area contributed by atoms with Crippen LogP contribution in [0.4, 0.5) is 11.6 Å². The molecule has 0 saturated carbocycles. The third-order valence-electron chi connectivity index (χ3n) is 2.75. The largest absolute Gasteiger partial charge is 0.370 e. The molecule has 0 aliphatic carbocycles. The molecule has 0 unspecified atom stereocenters. The summed E-state index contributed by atoms with van der Waals surface area (Å²) >= 11 is 0. The Labute approximate surface area is 97.9 Å². The van der Waals surface area contributed by atoms with Crippen LogP contribution in [0.15, 0.2) is 12.4 Å². The summed E-state index contributed by atoms with van der Waals surface area (Å²) in [6.45, 7) is 8.36. The Hall–Kier alpha value is -1.32. The van der Waals surface area contributed by atoms with Crippen LogP contribution in [0.1, 0.15) is 33.6 Å². The minimum Gasteiger partial charge on any atom is -0.370 e. The lowest BCUT2D eigenvalue weighted by atomic mass is 10.0. The Balaban J connectivity index is 2.49. The molecule has 0 atom stereocenters. The fraction of sp³-hybridized carbons (Fsp3) is 0.667. The summed E-state index contributed by atoms with van der Waals surface area (Å²) in [7, 11) is 0. The van der Waals surface area contributed by atoms with Gasteiger partial charge in [-0.25, -0.2) is 9.97 Å². The van der Waals surface area contributed by atoms with Crippen molar-refractivity contribution in [1.29, 1.82) is 0 Å². The van der Waals surface area contributed by atoms with Crippen LogP contribution in [0.25, 0.3) is 0 Å². The van der Waals surface area contributed by atoms with Crippen molar-refractivity contribution in [2.45, 2.75) is 33.6 Å². The molecule has 0 bridgehead atoms. The molecular weight excluding hydrogens is 200 g/mol. The third-order valence-corrected chi connectivity index (χ3v) is 2.75. The second kappa shape index (κ2) is 7.04. The van der Waals surface area contributed by atoms with Crippen molar-refractivity contribution in [3.05, 3.63) is 12.4 Å². The zero-order valence-electron chi connectivity index (χ0n) is 10.5. The summed E-state index contributed by atoms with van der Waals surface area (Å²) in [4.78, 5) is 8.33. The van der Waals surface area contributed by atoms with Gasteiger partial charge in [-0.1, -0.05) is 26.7 Å². The normalized spacial score (nSPS) is 10.5. The van der Waals surface area contributed by atoms with Crippen LogP contribution in [0, 0.1) is 5.92 Å². The van der Waals surface area contributed by atoms with Gasteiger partial charge < -0.3 is 10.6 Å². The Morgan fingerprint density at radius 1 is 1.06 bits per heavy atom. The number of hydrogen-bond acceptors (Lipinski definition) is 4. The molecular formula is C12H22N4. The van der Waals surface area contributed by atoms with Gasteiger partial charge in [0.1, 0.15) is 18.0 Å². The molecule has 16 heavy (non-hydrogen) atoms. The van der Waals surface area contributed by atoms with Gasteiger partial charge in [-0.05, 0) is 12.8 Å². The number of hydrogen-bond donors (Lipinski definition) is 2. The molecule has 1 aromatic rings. The van der Waals surface area contributed by atoms with Gasteiger partial charge in [0, 0.05) is 19.2 Å². The van der Waals surface area contributed by atoms with Crippen molar-refractivity contribution in [3.63, 3.8) is 0 Å². The van der Waals surface area contributed by atoms with E-state index >= 15 is 0 Å². The molecule has 0 aliphatic heterocycles. The van der Waals surface area contributed by atoms with Gasteiger partial charge in [-0.15, -0.1) is 0 Å². The minimum absolute atomic E-state index is 0.720. The van der Waals surface area contributed by atoms with Crippen molar-refractivity contribution >= 4 is 11.6 Å². The van der Waals surface area contributed by atoms with Crippen molar-refractivity contribution in [2.75, 3.05) is 23.7 Å². The molecule has 2 N–H and O–H groups in total. The predicted molar refractivity (Wildman–Crippen MR) is 68.8 cm³/mol. The smallest absolute Gasteiger partial charge is 0.131 e. The lowest BCUT2D eigenvalue weighted by Gasteiger charge is -2.13. The fourth-order valence-electron chi connectivity index (χ4n) is 1.56. The maximum atomic E-state index is 4.20. The molecule has 0 spiro atoms. The zero-order chi connectivity index (χ0) is 11.8. The molecule has 1 rings (SSSR count). The van der Waals surface area contributed by atoms with E-state index in [1.54, 1.807) is 6.33 Å². The van der Waals surface area contributed by atoms with E-state index in [4.69, 9.17) is 0 Å². The first-order valence-electron chi connectivity index (χ1n) is 6.09. The third kappa shape index (κ3) is 4.04. The van der Waals surface area contributed by atoms with E-state index in [0.29, 0.717) is 0 Å². The van der Waals surface area contributed by atoms with E-state index in [9.17, 15) is 0 Å². The number of rotatable bonds is 7. The zero-order valence-corrected chi connectivity index (χ0v) is 10.5. The molecule has 4 nitrogen and oxygen atoms in total. The van der Waals surface area contributed by atoms with Crippen LogP contribution in [-0.4, -0.2) is 23.1 Å². The SMILES string of the molecule is CCNc1cc(NCC(CC)CC)ncn1. The average molecular weight is 222 g/mol. The number of aromatic nitrogens is 2. The van der Waals surface area contributed by atoms with Gasteiger partial charge in [0.15, 0.2) is 0 Å². The molecule has 0 fully saturated rings. The van der Waals surface area contributed by atoms with Crippen LogP contribution < -0.4 is 10.6 Å². The van der Waals surface area contributed by atoms with Crippen LogP contribution in [0.2, 0.25) is 0 Å². The summed E-state index contributed by atoms with van der Waals surface area (Å²) in [5, 5.41) is 6.53. The molecule has 4 heteroatoms. The Kier molecular flexibility index (Phi) is 5.61. The summed E-state index contributed by atoms with van der Waals surface area (Å²) in [6, 6.07) is 1.95. The molecule has 0 saturated heterocycles. The average Bonchev–Trinajstić information content (AvgIpc) is 2.31. The first kappa shape index (κ1) is 12.7. The van der Waals surface area contributed by atoms with Crippen LogP contribution >= 0.6 is 0 Å². The minimum atomic E-state index is 0.720. The van der Waals surface area contributed by atoms with E-state index in [1.165, 1.54) is 12.8 Å². The summed E-state index contributed by atoms with van der Waals surface area (Å²) < 4.78 is 0. The van der Waals surface area contributed by atoms with Crippen LogP contribution in [-0.2, 0) is 0 Å². The molecule has 0 aliphatic rings. The molecule has 90 valence electrons. The Morgan fingerprint density at radius 2 is 1.69 bits per heavy atom. The van der Waals surface area contributed by atoms with E-state index < -0.39 is 0 Å². The molecule has 0 radical (unpaired) electrons. The fourth-order valence-corrected chi connectivity index (χ4v) is 1.56. The predicted octanol–water partition coefficient (Wildman–Crippen LogP) is 2.76. The highest BCUT2D eigenvalue weighted by Gasteiger charge is 2.03. The maximum absolute atomic E-state index is 4.20. The van der Waals surface area contributed by atoms with Crippen LogP contribution in [0.5, 0.6) is 0 Å². The lowest BCUT2D eigenvalue weighted by molar-refractivity contribution is 0.518. The van der Waals surface area contributed by atoms with E-state index in [2.05, 4.69) is 41.4 Å². The summed E-state index contributed by atoms with van der Waals surface area (Å²) in [6.07, 6.45) is 4.00. The van der Waals surface area contributed by atoms with E-state index in [-0.39, 0.29) is 0 Å². The molecule has 0 aromatic carbocycles. The molecule has 1 heterocycles. The van der Waals surface area contributed by atoms with Gasteiger partial charge in [-0.2, -0.15) is 0 Å². The Bertz CT molecular complexity index is 297. The quantitative estimate of drug-likeness (QED) is 0.745. The second-order valence-corrected chi connectivity index (χ2v) is 3.88. The highest BCUT2D eigenvalue weighted by Crippen LogP contribution is 2.11. The maximum Gasteiger partial charge on any atom is 0.131 e. The summed E-state index contributed by atoms with van der Waals surface area (Å²) in [5.74, 6) is 2.50. The molecule has 1 aromatic heterocycles. The highest BCUT2D eigenvalue weighted by molar-refractivity contribution is 5.46. The van der Waals surface area contributed by atoms with Crippen LogP contribution in [0.3, 0.4) is 0 Å². The van der Waals surface area contributed by atoms with Gasteiger partial charge in [0.2, 0.25) is 0 Å². The molecule has 0 amide bonds. The van der Waals surface area contributed by atoms with E-state index in [0.717, 1.165) is 30.6 Å². The summed E-state index contributed by atoms with van der Waals surface area (Å²) in [5.41, 5.74) is 0. The number of nitrogens with zero attached hydrogens (tertiary/aromatic N) is 2. The monoisotopic (exact) mass is 222 g/mol. The van der Waals surface area contributed by atoms with Gasteiger partial charge in [-0.3, -0.25) is 0 Å². The standard InChI is InChI=1S/C12H22N4/c1-4-10(5-2)8-14-12-7-11(13-6-3)15-9-16-12/h7,9-10H,4-6,8H2,1-3H3,(H2,13,14,15,16). The first-order chi connectivity index (χ1) is 7.80. The lowest BCUT2D eigenvalue weighted by Crippen LogP contribution is -2.14. The van der Waals surface area contributed by atoms with Gasteiger partial charge >= 0.3 is 0 Å². The van der Waals surface area contributed by atoms with Gasteiger partial charge in [0.25, 0.3) is 0 Å².